The average molecular weight is 454 g/mol. The highest BCUT2D eigenvalue weighted by molar-refractivity contribution is 8.00. The minimum Gasteiger partial charge on any atom is -0.477 e. The Bertz CT molecular complexity index is 973. The summed E-state index contributed by atoms with van der Waals surface area (Å²) in [6.07, 6.45) is -1.46. The Labute approximate surface area is 178 Å². The number of nitrogens with one attached hydrogen (secondary N) is 1. The molecule has 1 aromatic heterocycles. The van der Waals surface area contributed by atoms with Crippen LogP contribution in [-0.4, -0.2) is 67.8 Å². The zero-order valence-corrected chi connectivity index (χ0v) is 17.5. The van der Waals surface area contributed by atoms with Crippen molar-refractivity contribution < 1.29 is 33.8 Å². The second kappa shape index (κ2) is 8.44. The predicted molar refractivity (Wildman–Crippen MR) is 106 cm³/mol. The van der Waals surface area contributed by atoms with Gasteiger partial charge in [0.1, 0.15) is 17.1 Å². The second-order valence-corrected chi connectivity index (χ2v) is 8.58. The number of fused-ring (bicyclic) bond motifs is 1. The van der Waals surface area contributed by atoms with E-state index in [-0.39, 0.29) is 17.7 Å². The van der Waals surface area contributed by atoms with Gasteiger partial charge in [0, 0.05) is 23.6 Å². The number of β-lactam (4-membered cyclic amide) rings is 1. The molecule has 11 nitrogen and oxygen atoms in total. The molecule has 2 amide bonds. The van der Waals surface area contributed by atoms with Crippen molar-refractivity contribution in [2.75, 3.05) is 11.5 Å². The molecule has 0 aliphatic carbocycles. The predicted octanol–water partition coefficient (Wildman–Crippen LogP) is -0.473. The number of carbonyl (C=O) groups is 5. The third-order valence-electron chi connectivity index (χ3n) is 4.40. The van der Waals surface area contributed by atoms with Crippen LogP contribution in [0.15, 0.2) is 16.7 Å². The number of hydrogen-bond acceptors (Lipinski definition) is 10. The lowest BCUT2D eigenvalue weighted by atomic mass is 9.98. The van der Waals surface area contributed by atoms with Crippen LogP contribution in [0.2, 0.25) is 0 Å². The number of rotatable bonds is 7. The maximum Gasteiger partial charge on any atom is 0.352 e. The molecule has 0 aromatic carbocycles. The van der Waals surface area contributed by atoms with E-state index >= 15 is 0 Å². The van der Waals surface area contributed by atoms with E-state index in [1.165, 1.54) is 30.0 Å². The average Bonchev–Trinajstić information content (AvgIpc) is 3.07. The largest absolute Gasteiger partial charge is 0.477 e. The first-order valence-corrected chi connectivity index (χ1v) is 10.6. The molecule has 1 aromatic rings. The van der Waals surface area contributed by atoms with Gasteiger partial charge in [-0.3, -0.25) is 24.1 Å². The molecule has 1 saturated heterocycles. The van der Waals surface area contributed by atoms with Crippen LogP contribution in [-0.2, 0) is 35.1 Å². The fourth-order valence-corrected chi connectivity index (χ4v) is 5.14. The molecule has 1 fully saturated rings. The molecule has 3 rings (SSSR count). The van der Waals surface area contributed by atoms with Gasteiger partial charge in [0.05, 0.1) is 12.1 Å². The van der Waals surface area contributed by atoms with Crippen molar-refractivity contribution in [2.45, 2.75) is 37.8 Å². The summed E-state index contributed by atoms with van der Waals surface area (Å²) >= 11 is 2.36. The lowest BCUT2D eigenvalue weighted by Gasteiger charge is -2.49. The number of aliphatic carboxylic acids is 1. The third kappa shape index (κ3) is 4.16. The van der Waals surface area contributed by atoms with Gasteiger partial charge in [0.25, 0.3) is 5.91 Å². The molecule has 2 aliphatic rings. The quantitative estimate of drug-likeness (QED) is 0.361. The summed E-state index contributed by atoms with van der Waals surface area (Å²) in [6, 6.07) is -0.918. The molecule has 30 heavy (non-hydrogen) atoms. The Morgan fingerprint density at radius 1 is 1.40 bits per heavy atom. The summed E-state index contributed by atoms with van der Waals surface area (Å²) < 4.78 is 4.99. The van der Waals surface area contributed by atoms with Gasteiger partial charge >= 0.3 is 11.9 Å². The number of anilines is 1. The normalized spacial score (nSPS) is 21.4. The molecule has 0 bridgehead atoms. The van der Waals surface area contributed by atoms with Crippen LogP contribution in [0.3, 0.4) is 0 Å². The van der Waals surface area contributed by atoms with Gasteiger partial charge in [0.2, 0.25) is 5.91 Å². The van der Waals surface area contributed by atoms with Gasteiger partial charge in [0.15, 0.2) is 17.0 Å². The molecule has 0 spiro atoms. The van der Waals surface area contributed by atoms with Crippen molar-refractivity contribution in [1.29, 1.82) is 0 Å². The highest BCUT2D eigenvalue weighted by atomic mass is 32.2. The molecule has 0 radical (unpaired) electrons. The van der Waals surface area contributed by atoms with Gasteiger partial charge in [-0.25, -0.2) is 9.78 Å². The molecule has 160 valence electrons. The zero-order chi connectivity index (χ0) is 22.2. The summed E-state index contributed by atoms with van der Waals surface area (Å²) in [5.74, 6) is -3.77. The highest BCUT2D eigenvalue weighted by Crippen LogP contribution is 2.41. The van der Waals surface area contributed by atoms with Crippen molar-refractivity contribution >= 4 is 57.8 Å². The van der Waals surface area contributed by atoms with Gasteiger partial charge in [-0.15, -0.1) is 23.1 Å². The summed E-state index contributed by atoms with van der Waals surface area (Å²) in [5, 5.41) is 13.5. The Kier molecular flexibility index (Phi) is 6.12. The van der Waals surface area contributed by atoms with Crippen LogP contribution in [0, 0.1) is 0 Å². The smallest absolute Gasteiger partial charge is 0.352 e. The van der Waals surface area contributed by atoms with E-state index in [0.29, 0.717) is 10.8 Å². The molecule has 0 saturated carbocycles. The number of ketones is 1. The molecule has 13 heteroatoms. The van der Waals surface area contributed by atoms with E-state index in [0.717, 1.165) is 11.8 Å². The zero-order valence-electron chi connectivity index (χ0n) is 15.9. The summed E-state index contributed by atoms with van der Waals surface area (Å²) in [6.45, 7) is 2.27. The number of carboxylic acids is 1. The van der Waals surface area contributed by atoms with E-state index in [1.54, 1.807) is 5.38 Å². The first-order valence-electron chi connectivity index (χ1n) is 8.68. The number of nitrogen functional groups attached to an aromatic ring is 1. The molecule has 3 heterocycles. The minimum atomic E-state index is -1.43. The van der Waals surface area contributed by atoms with E-state index in [4.69, 9.17) is 10.5 Å². The molecular formula is C17H18N4O7S2. The molecular weight excluding hydrogens is 436 g/mol. The van der Waals surface area contributed by atoms with Crippen LogP contribution in [0.1, 0.15) is 19.5 Å². The molecule has 2 aliphatic heterocycles. The number of esters is 1. The van der Waals surface area contributed by atoms with Crippen LogP contribution < -0.4 is 11.1 Å². The van der Waals surface area contributed by atoms with Gasteiger partial charge in [-0.2, -0.15) is 0 Å². The summed E-state index contributed by atoms with van der Waals surface area (Å²) in [5.41, 5.74) is 5.63. The topological polar surface area (TPSA) is 169 Å². The minimum absolute atomic E-state index is 0.0301. The number of amides is 2. The van der Waals surface area contributed by atoms with Gasteiger partial charge in [-0.05, 0) is 6.92 Å². The number of ether oxygens (including phenoxy) is 1. The van der Waals surface area contributed by atoms with Crippen LogP contribution in [0.25, 0.3) is 0 Å². The highest BCUT2D eigenvalue weighted by Gasteiger charge is 2.55. The monoisotopic (exact) mass is 454 g/mol. The Morgan fingerprint density at radius 3 is 2.63 bits per heavy atom. The van der Waals surface area contributed by atoms with E-state index in [1.807, 2.05) is 0 Å². The molecule has 3 atom stereocenters. The summed E-state index contributed by atoms with van der Waals surface area (Å²) in [7, 11) is 0. The van der Waals surface area contributed by atoms with Crippen LogP contribution >= 0.6 is 23.1 Å². The number of Topliss-reactive ketones (excluding diaryl/α,β-unsaturated/α-hetero) is 1. The first-order chi connectivity index (χ1) is 14.1. The van der Waals surface area contributed by atoms with E-state index in [2.05, 4.69) is 10.3 Å². The second-order valence-electron chi connectivity index (χ2n) is 6.59. The van der Waals surface area contributed by atoms with Crippen molar-refractivity contribution in [3.8, 4) is 0 Å². The van der Waals surface area contributed by atoms with Crippen molar-refractivity contribution in [2.24, 2.45) is 0 Å². The van der Waals surface area contributed by atoms with E-state index < -0.39 is 52.8 Å². The lowest BCUT2D eigenvalue weighted by Crippen LogP contribution is -2.71. The molecule has 1 unspecified atom stereocenters. The summed E-state index contributed by atoms with van der Waals surface area (Å²) in [4.78, 5) is 65.0. The van der Waals surface area contributed by atoms with Crippen molar-refractivity contribution in [1.82, 2.24) is 15.2 Å². The van der Waals surface area contributed by atoms with E-state index in [9.17, 15) is 29.1 Å². The number of hydrogen-bond donors (Lipinski definition) is 3. The van der Waals surface area contributed by atoms with Crippen LogP contribution in [0.4, 0.5) is 5.13 Å². The number of thiazole rings is 1. The Balaban J connectivity index is 1.79. The Hall–Kier alpha value is -2.93. The number of carbonyl (C=O) groups excluding carboxylic acids is 4. The lowest BCUT2D eigenvalue weighted by molar-refractivity contribution is -0.153. The van der Waals surface area contributed by atoms with Gasteiger partial charge < -0.3 is 20.9 Å². The SMILES string of the molecule is CC(=O)OC(C(C)=O)C1=C(C(=O)O)N2C(=O)[C@@H](NC(=O)Cc3csc(N)n3)[C@@H]2SC1. The number of nitrogens with two attached hydrogens (primary N) is 1. The van der Waals surface area contributed by atoms with Crippen molar-refractivity contribution in [3.63, 3.8) is 0 Å². The number of carboxylic acid groups (broad SMARTS) is 1. The third-order valence-corrected chi connectivity index (χ3v) is 6.42. The fourth-order valence-electron chi connectivity index (χ4n) is 3.20. The molecule has 4 N–H and O–H groups in total. The number of aromatic nitrogens is 1. The van der Waals surface area contributed by atoms with Gasteiger partial charge in [-0.1, -0.05) is 0 Å². The number of nitrogens with zero attached hydrogens (tertiary/aromatic N) is 2. The Morgan fingerprint density at radius 2 is 2.10 bits per heavy atom. The fraction of sp³-hybridized carbons (Fsp3) is 0.412. The maximum atomic E-state index is 12.6. The first kappa shape index (κ1) is 21.8. The van der Waals surface area contributed by atoms with Crippen LogP contribution in [0.5, 0.6) is 0 Å². The standard InChI is InChI=1S/C17H18N4O7S2/c1-6(22)13(28-7(2)23)9-5-29-15-11(14(25)21(15)12(9)16(26)27)20-10(24)3-8-4-30-17(18)19-8/h4,11,13,15H,3,5H2,1-2H3,(H2,18,19)(H,20,24)(H,26,27)/t11-,13?,15+/m1/s1. The maximum absolute atomic E-state index is 12.6. The number of thioether (sulfide) groups is 1. The van der Waals surface area contributed by atoms with Crippen molar-refractivity contribution in [3.05, 3.63) is 22.3 Å².